The van der Waals surface area contributed by atoms with Crippen LogP contribution in [0.2, 0.25) is 0 Å². The summed E-state index contributed by atoms with van der Waals surface area (Å²) in [6, 6.07) is 3.88. The van der Waals surface area contributed by atoms with Gasteiger partial charge in [-0.05, 0) is 56.3 Å². The Balaban J connectivity index is 1.87. The zero-order chi connectivity index (χ0) is 19.5. The van der Waals surface area contributed by atoms with E-state index >= 15 is 0 Å². The van der Waals surface area contributed by atoms with Crippen LogP contribution in [0, 0.1) is 0 Å². The van der Waals surface area contributed by atoms with Crippen LogP contribution in [0.1, 0.15) is 31.2 Å². The van der Waals surface area contributed by atoms with Crippen LogP contribution < -0.4 is 0 Å². The summed E-state index contributed by atoms with van der Waals surface area (Å²) in [4.78, 5) is 2.02. The fourth-order valence-corrected chi connectivity index (χ4v) is 6.53. The average Bonchev–Trinajstić information content (AvgIpc) is 2.88. The second-order valence-corrected chi connectivity index (χ2v) is 10.1. The molecule has 0 N–H and O–H groups in total. The van der Waals surface area contributed by atoms with Gasteiger partial charge in [0.15, 0.2) is 0 Å². The molecule has 3 rings (SSSR count). The van der Waals surface area contributed by atoms with Crippen molar-refractivity contribution in [3.63, 3.8) is 0 Å². The molecule has 0 aliphatic carbocycles. The maximum Gasteiger partial charge on any atom is 0.416 e. The Labute approximate surface area is 163 Å². The summed E-state index contributed by atoms with van der Waals surface area (Å²) in [6.07, 6.45) is -0.435. The van der Waals surface area contributed by atoms with Crippen LogP contribution in [-0.2, 0) is 16.2 Å². The van der Waals surface area contributed by atoms with Crippen molar-refractivity contribution in [2.75, 3.05) is 37.7 Å². The lowest BCUT2D eigenvalue weighted by atomic mass is 10.1. The van der Waals surface area contributed by atoms with Gasteiger partial charge in [-0.2, -0.15) is 29.2 Å². The Morgan fingerprint density at radius 2 is 1.81 bits per heavy atom. The number of hydrogen-bond donors (Lipinski definition) is 0. The van der Waals surface area contributed by atoms with Crippen molar-refractivity contribution in [3.05, 3.63) is 29.8 Å². The first kappa shape index (κ1) is 21.0. The van der Waals surface area contributed by atoms with Gasteiger partial charge in [0, 0.05) is 24.9 Å². The number of benzene rings is 1. The number of sulfonamides is 1. The fraction of sp³-hybridized carbons (Fsp3) is 0.667. The molecule has 27 heavy (non-hydrogen) atoms. The number of likely N-dealkylation sites (tertiary alicyclic amines) is 1. The molecule has 1 aromatic rings. The van der Waals surface area contributed by atoms with Gasteiger partial charge in [-0.25, -0.2) is 8.42 Å². The van der Waals surface area contributed by atoms with E-state index in [1.165, 1.54) is 22.9 Å². The van der Waals surface area contributed by atoms with Crippen molar-refractivity contribution in [1.82, 2.24) is 9.21 Å². The molecular weight excluding hydrogens is 397 g/mol. The minimum Gasteiger partial charge on any atom is -0.302 e. The summed E-state index contributed by atoms with van der Waals surface area (Å²) >= 11 is 1.72. The molecule has 2 aliphatic heterocycles. The third-order valence-corrected chi connectivity index (χ3v) is 8.22. The molecule has 2 fully saturated rings. The van der Waals surface area contributed by atoms with Gasteiger partial charge in [-0.15, -0.1) is 0 Å². The third-order valence-electron chi connectivity index (χ3n) is 5.07. The summed E-state index contributed by atoms with van der Waals surface area (Å²) < 4.78 is 66.9. The second-order valence-electron chi connectivity index (χ2n) is 7.08. The van der Waals surface area contributed by atoms with Gasteiger partial charge >= 0.3 is 6.18 Å². The monoisotopic (exact) mass is 422 g/mol. The van der Waals surface area contributed by atoms with E-state index in [2.05, 4.69) is 4.90 Å². The highest BCUT2D eigenvalue weighted by Crippen LogP contribution is 2.32. The van der Waals surface area contributed by atoms with Crippen LogP contribution in [0.25, 0.3) is 0 Å². The SMILES string of the molecule is O=S(=O)(c1cccc(C(F)(F)F)c1)N1CCCSCC1CN1CCCCC1. The normalized spacial score (nSPS) is 23.9. The topological polar surface area (TPSA) is 40.6 Å². The van der Waals surface area contributed by atoms with E-state index in [9.17, 15) is 21.6 Å². The van der Waals surface area contributed by atoms with Gasteiger partial charge < -0.3 is 4.90 Å². The van der Waals surface area contributed by atoms with E-state index in [0.717, 1.165) is 43.8 Å². The molecule has 152 valence electrons. The molecule has 1 atom stereocenters. The Kier molecular flexibility index (Phi) is 6.76. The number of halogens is 3. The number of hydrogen-bond acceptors (Lipinski definition) is 4. The lowest BCUT2D eigenvalue weighted by Gasteiger charge is -2.35. The molecule has 0 saturated carbocycles. The molecule has 0 bridgehead atoms. The first-order valence-electron chi connectivity index (χ1n) is 9.28. The van der Waals surface area contributed by atoms with Gasteiger partial charge in [0.05, 0.1) is 10.5 Å². The summed E-state index contributed by atoms with van der Waals surface area (Å²) in [5, 5.41) is 0. The maximum atomic E-state index is 13.2. The molecule has 0 amide bonds. The van der Waals surface area contributed by atoms with Gasteiger partial charge in [-0.1, -0.05) is 12.5 Å². The Morgan fingerprint density at radius 3 is 2.52 bits per heavy atom. The van der Waals surface area contributed by atoms with Crippen molar-refractivity contribution in [1.29, 1.82) is 0 Å². The largest absolute Gasteiger partial charge is 0.416 e. The molecule has 2 heterocycles. The van der Waals surface area contributed by atoms with Gasteiger partial charge in [0.25, 0.3) is 0 Å². The quantitative estimate of drug-likeness (QED) is 0.742. The second kappa shape index (κ2) is 8.71. The number of alkyl halides is 3. The smallest absolute Gasteiger partial charge is 0.302 e. The van der Waals surface area contributed by atoms with E-state index in [0.29, 0.717) is 25.3 Å². The van der Waals surface area contributed by atoms with Crippen LogP contribution in [0.4, 0.5) is 13.2 Å². The molecule has 0 radical (unpaired) electrons. The van der Waals surface area contributed by atoms with Crippen molar-refractivity contribution in [3.8, 4) is 0 Å². The minimum absolute atomic E-state index is 0.213. The van der Waals surface area contributed by atoms with Crippen molar-refractivity contribution >= 4 is 21.8 Å². The van der Waals surface area contributed by atoms with E-state index < -0.39 is 21.8 Å². The molecular formula is C18H25F3N2O2S2. The lowest BCUT2D eigenvalue weighted by molar-refractivity contribution is -0.137. The first-order valence-corrected chi connectivity index (χ1v) is 11.9. The number of piperidine rings is 1. The van der Waals surface area contributed by atoms with Crippen molar-refractivity contribution in [2.24, 2.45) is 0 Å². The van der Waals surface area contributed by atoms with Crippen molar-refractivity contribution in [2.45, 2.75) is 42.8 Å². The van der Waals surface area contributed by atoms with Crippen LogP contribution >= 0.6 is 11.8 Å². The molecule has 4 nitrogen and oxygen atoms in total. The van der Waals surface area contributed by atoms with Crippen LogP contribution in [0.3, 0.4) is 0 Å². The molecule has 1 aromatic carbocycles. The fourth-order valence-electron chi connectivity index (χ4n) is 3.68. The molecule has 2 aliphatic rings. The molecule has 0 spiro atoms. The molecule has 9 heteroatoms. The number of thioether (sulfide) groups is 1. The minimum atomic E-state index is -4.56. The van der Waals surface area contributed by atoms with Crippen LogP contribution in [-0.4, -0.2) is 61.3 Å². The zero-order valence-corrected chi connectivity index (χ0v) is 16.8. The lowest BCUT2D eigenvalue weighted by Crippen LogP contribution is -2.49. The Morgan fingerprint density at radius 1 is 1.07 bits per heavy atom. The summed E-state index contributed by atoms with van der Waals surface area (Å²) in [7, 11) is -3.97. The van der Waals surface area contributed by atoms with E-state index in [-0.39, 0.29) is 10.9 Å². The highest BCUT2D eigenvalue weighted by molar-refractivity contribution is 7.99. The zero-order valence-electron chi connectivity index (χ0n) is 15.1. The third kappa shape index (κ3) is 5.19. The highest BCUT2D eigenvalue weighted by atomic mass is 32.2. The molecule has 1 unspecified atom stereocenters. The van der Waals surface area contributed by atoms with Gasteiger partial charge in [-0.3, -0.25) is 0 Å². The van der Waals surface area contributed by atoms with Crippen LogP contribution in [0.15, 0.2) is 29.2 Å². The average molecular weight is 423 g/mol. The summed E-state index contributed by atoms with van der Waals surface area (Å²) in [5.74, 6) is 1.54. The van der Waals surface area contributed by atoms with E-state index in [1.54, 1.807) is 11.8 Å². The predicted molar refractivity (Wildman–Crippen MR) is 101 cm³/mol. The molecule has 2 saturated heterocycles. The van der Waals surface area contributed by atoms with Crippen molar-refractivity contribution < 1.29 is 21.6 Å². The predicted octanol–water partition coefficient (Wildman–Crippen LogP) is 3.69. The van der Waals surface area contributed by atoms with Gasteiger partial charge in [0.1, 0.15) is 0 Å². The van der Waals surface area contributed by atoms with E-state index in [4.69, 9.17) is 0 Å². The Hall–Kier alpha value is -0.770. The number of rotatable bonds is 4. The van der Waals surface area contributed by atoms with Crippen LogP contribution in [0.5, 0.6) is 0 Å². The van der Waals surface area contributed by atoms with Gasteiger partial charge in [0.2, 0.25) is 10.0 Å². The highest BCUT2D eigenvalue weighted by Gasteiger charge is 2.36. The van der Waals surface area contributed by atoms with E-state index in [1.807, 2.05) is 0 Å². The number of nitrogens with zero attached hydrogens (tertiary/aromatic N) is 2. The first-order chi connectivity index (χ1) is 12.8. The maximum absolute atomic E-state index is 13.2. The summed E-state index contributed by atoms with van der Waals surface area (Å²) in [6.45, 7) is 2.91. The Bertz CT molecular complexity index is 734. The molecule has 0 aromatic heterocycles. The summed E-state index contributed by atoms with van der Waals surface area (Å²) in [5.41, 5.74) is -0.930. The standard InChI is InChI=1S/C18H25F3N2O2S2/c19-18(20,21)15-6-4-7-17(12-15)27(24,25)23-10-5-11-26-14-16(23)13-22-8-2-1-3-9-22/h4,6-7,12,16H,1-3,5,8-11,13-14H2.